The average Bonchev–Trinajstić information content (AvgIpc) is 2.75. The number of carbonyl (C=O) groups is 1. The number of methoxy groups -OCH3 is 1. The number of aliphatic imine (C=N–C) groups is 1. The minimum Gasteiger partial charge on any atom is -0.383 e. The van der Waals surface area contributed by atoms with Crippen LogP contribution in [0.15, 0.2) is 47.5 Å². The number of amides is 1. The lowest BCUT2D eigenvalue weighted by molar-refractivity contribution is -0.122. The average molecular weight is 398 g/mol. The van der Waals surface area contributed by atoms with E-state index in [1.165, 1.54) is 16.3 Å². The van der Waals surface area contributed by atoms with Crippen LogP contribution in [0.2, 0.25) is 0 Å². The summed E-state index contributed by atoms with van der Waals surface area (Å²) in [7, 11) is 3.45. The topological polar surface area (TPSA) is 69.2 Å². The molecule has 0 aliphatic carbocycles. The van der Waals surface area contributed by atoms with E-state index in [0.717, 1.165) is 38.7 Å². The Kier molecular flexibility index (Phi) is 7.84. The quantitative estimate of drug-likeness (QED) is 0.419. The third-order valence-electron chi connectivity index (χ3n) is 5.14. The maximum absolute atomic E-state index is 12.0. The number of piperazine rings is 1. The van der Waals surface area contributed by atoms with Gasteiger partial charge in [0.05, 0.1) is 13.2 Å². The second kappa shape index (κ2) is 10.8. The molecule has 1 fully saturated rings. The summed E-state index contributed by atoms with van der Waals surface area (Å²) in [5.41, 5.74) is 1.23. The van der Waals surface area contributed by atoms with Crippen LogP contribution in [0.1, 0.15) is 5.56 Å². The standard InChI is InChI=1S/C22H31N5O2/c1-23-22(25-16-18-7-8-19-5-3-4-6-20(19)15-18)27-12-10-26(11-13-27)17-21(28)24-9-14-29-2/h3-8,15H,9-14,16-17H2,1-2H3,(H,23,25)(H,24,28). The molecule has 7 nitrogen and oxygen atoms in total. The Morgan fingerprint density at radius 1 is 1.07 bits per heavy atom. The molecular formula is C22H31N5O2. The van der Waals surface area contributed by atoms with Crippen molar-refractivity contribution in [2.45, 2.75) is 6.54 Å². The molecule has 1 amide bonds. The fraction of sp³-hybridized carbons (Fsp3) is 0.455. The molecule has 0 atom stereocenters. The number of benzene rings is 2. The molecule has 0 saturated carbocycles. The molecule has 2 N–H and O–H groups in total. The molecule has 3 rings (SSSR count). The molecule has 29 heavy (non-hydrogen) atoms. The first-order valence-corrected chi connectivity index (χ1v) is 10.1. The summed E-state index contributed by atoms with van der Waals surface area (Å²) in [6.07, 6.45) is 0. The van der Waals surface area contributed by atoms with Gasteiger partial charge in [0.1, 0.15) is 0 Å². The zero-order valence-corrected chi connectivity index (χ0v) is 17.4. The van der Waals surface area contributed by atoms with Crippen LogP contribution in [0.4, 0.5) is 0 Å². The molecule has 1 aliphatic heterocycles. The lowest BCUT2D eigenvalue weighted by Gasteiger charge is -2.36. The Balaban J connectivity index is 1.45. The van der Waals surface area contributed by atoms with Gasteiger partial charge >= 0.3 is 0 Å². The molecule has 0 bridgehead atoms. The van der Waals surface area contributed by atoms with Crippen molar-refractivity contribution in [1.82, 2.24) is 20.4 Å². The summed E-state index contributed by atoms with van der Waals surface area (Å²) in [4.78, 5) is 20.8. The largest absolute Gasteiger partial charge is 0.383 e. The Morgan fingerprint density at radius 2 is 1.83 bits per heavy atom. The van der Waals surface area contributed by atoms with Crippen molar-refractivity contribution < 1.29 is 9.53 Å². The highest BCUT2D eigenvalue weighted by Crippen LogP contribution is 2.15. The van der Waals surface area contributed by atoms with E-state index in [-0.39, 0.29) is 5.91 Å². The van der Waals surface area contributed by atoms with Gasteiger partial charge in [-0.2, -0.15) is 0 Å². The second-order valence-electron chi connectivity index (χ2n) is 7.19. The molecule has 0 aromatic heterocycles. The van der Waals surface area contributed by atoms with Crippen molar-refractivity contribution in [2.75, 3.05) is 60.0 Å². The van der Waals surface area contributed by atoms with E-state index in [1.54, 1.807) is 7.11 Å². The molecular weight excluding hydrogens is 366 g/mol. The van der Waals surface area contributed by atoms with E-state index in [1.807, 2.05) is 7.05 Å². The molecule has 1 heterocycles. The smallest absolute Gasteiger partial charge is 0.234 e. The van der Waals surface area contributed by atoms with Crippen molar-refractivity contribution in [3.8, 4) is 0 Å². The van der Waals surface area contributed by atoms with Gasteiger partial charge in [-0.3, -0.25) is 14.7 Å². The van der Waals surface area contributed by atoms with Crippen molar-refractivity contribution in [3.63, 3.8) is 0 Å². The Labute approximate surface area is 172 Å². The zero-order chi connectivity index (χ0) is 20.5. The molecule has 0 spiro atoms. The van der Waals surface area contributed by atoms with Crippen molar-refractivity contribution in [2.24, 2.45) is 4.99 Å². The van der Waals surface area contributed by atoms with E-state index < -0.39 is 0 Å². The van der Waals surface area contributed by atoms with Gasteiger partial charge in [-0.25, -0.2) is 0 Å². The summed E-state index contributed by atoms with van der Waals surface area (Å²) < 4.78 is 4.96. The Bertz CT molecular complexity index is 831. The SMILES string of the molecule is CN=C(NCc1ccc2ccccc2c1)N1CCN(CC(=O)NCCOC)CC1. The highest BCUT2D eigenvalue weighted by molar-refractivity contribution is 5.83. The van der Waals surface area contributed by atoms with E-state index in [9.17, 15) is 4.79 Å². The van der Waals surface area contributed by atoms with Crippen LogP contribution in [0, 0.1) is 0 Å². The monoisotopic (exact) mass is 397 g/mol. The predicted octanol–water partition coefficient (Wildman–Crippen LogP) is 1.30. The number of nitrogens with one attached hydrogen (secondary N) is 2. The molecule has 156 valence electrons. The molecule has 0 radical (unpaired) electrons. The van der Waals surface area contributed by atoms with Gasteiger partial charge in [0.15, 0.2) is 5.96 Å². The summed E-state index contributed by atoms with van der Waals surface area (Å²) in [5, 5.41) is 8.85. The van der Waals surface area contributed by atoms with E-state index >= 15 is 0 Å². The minimum absolute atomic E-state index is 0.0503. The predicted molar refractivity (Wildman–Crippen MR) is 117 cm³/mol. The first-order valence-electron chi connectivity index (χ1n) is 10.1. The fourth-order valence-electron chi connectivity index (χ4n) is 3.53. The van der Waals surface area contributed by atoms with Gasteiger partial charge in [-0.05, 0) is 22.4 Å². The Morgan fingerprint density at radius 3 is 2.55 bits per heavy atom. The number of carbonyl (C=O) groups excluding carboxylic acids is 1. The lowest BCUT2D eigenvalue weighted by atomic mass is 10.1. The summed E-state index contributed by atoms with van der Waals surface area (Å²) in [6.45, 7) is 5.65. The third-order valence-corrected chi connectivity index (χ3v) is 5.14. The summed E-state index contributed by atoms with van der Waals surface area (Å²) in [5.74, 6) is 0.955. The van der Waals surface area contributed by atoms with Crippen LogP contribution >= 0.6 is 0 Å². The maximum Gasteiger partial charge on any atom is 0.234 e. The van der Waals surface area contributed by atoms with Crippen LogP contribution < -0.4 is 10.6 Å². The molecule has 2 aromatic rings. The summed E-state index contributed by atoms with van der Waals surface area (Å²) in [6, 6.07) is 14.9. The van der Waals surface area contributed by atoms with Crippen molar-refractivity contribution >= 4 is 22.6 Å². The van der Waals surface area contributed by atoms with Crippen molar-refractivity contribution in [3.05, 3.63) is 48.0 Å². The van der Waals surface area contributed by atoms with Gasteiger partial charge in [0.25, 0.3) is 0 Å². The molecule has 2 aromatic carbocycles. The van der Waals surface area contributed by atoms with Gasteiger partial charge in [0.2, 0.25) is 5.91 Å². The molecule has 1 aliphatic rings. The van der Waals surface area contributed by atoms with Crippen molar-refractivity contribution in [1.29, 1.82) is 0 Å². The van der Waals surface area contributed by atoms with E-state index in [2.05, 4.69) is 67.9 Å². The second-order valence-corrected chi connectivity index (χ2v) is 7.19. The zero-order valence-electron chi connectivity index (χ0n) is 17.4. The minimum atomic E-state index is 0.0503. The van der Waals surface area contributed by atoms with Crippen LogP contribution in [0.3, 0.4) is 0 Å². The highest BCUT2D eigenvalue weighted by atomic mass is 16.5. The van der Waals surface area contributed by atoms with Gasteiger partial charge in [-0.1, -0.05) is 36.4 Å². The van der Waals surface area contributed by atoms with Crippen LogP contribution in [0.5, 0.6) is 0 Å². The van der Waals surface area contributed by atoms with Gasteiger partial charge in [-0.15, -0.1) is 0 Å². The number of rotatable bonds is 7. The van der Waals surface area contributed by atoms with Gasteiger partial charge < -0.3 is 20.3 Å². The fourth-order valence-corrected chi connectivity index (χ4v) is 3.53. The number of ether oxygens (including phenoxy) is 1. The normalized spacial score (nSPS) is 15.5. The first-order chi connectivity index (χ1) is 14.2. The summed E-state index contributed by atoms with van der Waals surface area (Å²) >= 11 is 0. The van der Waals surface area contributed by atoms with E-state index in [4.69, 9.17) is 4.74 Å². The number of hydrogen-bond acceptors (Lipinski definition) is 4. The van der Waals surface area contributed by atoms with Crippen LogP contribution in [-0.4, -0.2) is 81.7 Å². The van der Waals surface area contributed by atoms with Crippen LogP contribution in [0.25, 0.3) is 10.8 Å². The number of nitrogens with zero attached hydrogens (tertiary/aromatic N) is 3. The molecule has 1 saturated heterocycles. The number of hydrogen-bond donors (Lipinski definition) is 2. The van der Waals surface area contributed by atoms with E-state index in [0.29, 0.717) is 19.7 Å². The lowest BCUT2D eigenvalue weighted by Crippen LogP contribution is -2.54. The Hall–Kier alpha value is -2.64. The number of fused-ring (bicyclic) bond motifs is 1. The highest BCUT2D eigenvalue weighted by Gasteiger charge is 2.21. The number of guanidine groups is 1. The third kappa shape index (κ3) is 6.17. The van der Waals surface area contributed by atoms with Crippen LogP contribution in [-0.2, 0) is 16.1 Å². The molecule has 0 unspecified atom stereocenters. The molecule has 7 heteroatoms. The maximum atomic E-state index is 12.0. The first kappa shape index (κ1) is 21.1. The van der Waals surface area contributed by atoms with Gasteiger partial charge in [0, 0.05) is 53.4 Å².